The zero-order valence-electron chi connectivity index (χ0n) is 16.6. The fraction of sp³-hybridized carbons (Fsp3) is 0.273. The van der Waals surface area contributed by atoms with Gasteiger partial charge in [0.15, 0.2) is 11.6 Å². The summed E-state index contributed by atoms with van der Waals surface area (Å²) in [7, 11) is 1.49. The van der Waals surface area contributed by atoms with E-state index < -0.39 is 12.2 Å². The van der Waals surface area contributed by atoms with Crippen molar-refractivity contribution in [1.82, 2.24) is 9.97 Å². The minimum atomic E-state index is -2.65. The minimum Gasteiger partial charge on any atom is -0.495 e. The molecule has 2 aromatic carbocycles. The highest BCUT2D eigenvalue weighted by atomic mass is 32.1. The molecule has 0 aliphatic carbocycles. The van der Waals surface area contributed by atoms with Crippen LogP contribution in [-0.4, -0.2) is 23.2 Å². The highest BCUT2D eigenvalue weighted by Gasteiger charge is 2.18. The van der Waals surface area contributed by atoms with E-state index in [1.165, 1.54) is 42.8 Å². The third-order valence-corrected chi connectivity index (χ3v) is 5.90. The Kier molecular flexibility index (Phi) is 5.51. The van der Waals surface area contributed by atoms with Crippen molar-refractivity contribution < 1.29 is 22.6 Å². The molecular weight excluding hydrogens is 413 g/mol. The van der Waals surface area contributed by atoms with Crippen molar-refractivity contribution in [3.63, 3.8) is 0 Å². The zero-order chi connectivity index (χ0) is 21.4. The first-order valence-corrected chi connectivity index (χ1v) is 10.2. The largest absolute Gasteiger partial charge is 0.495 e. The van der Waals surface area contributed by atoms with E-state index in [1.54, 1.807) is 12.1 Å². The van der Waals surface area contributed by atoms with E-state index in [1.807, 2.05) is 13.8 Å². The molecule has 0 amide bonds. The van der Waals surface area contributed by atoms with E-state index in [4.69, 9.17) is 9.47 Å². The topological polar surface area (TPSA) is 44.2 Å². The van der Waals surface area contributed by atoms with E-state index in [0.717, 1.165) is 6.42 Å². The molecule has 0 spiro atoms. The van der Waals surface area contributed by atoms with Gasteiger partial charge in [-0.05, 0) is 31.5 Å². The molecule has 4 aromatic rings. The Balaban J connectivity index is 1.88. The van der Waals surface area contributed by atoms with E-state index in [0.29, 0.717) is 37.4 Å². The average Bonchev–Trinajstić information content (AvgIpc) is 3.14. The van der Waals surface area contributed by atoms with Crippen LogP contribution in [0.4, 0.5) is 13.2 Å². The molecule has 0 N–H and O–H groups in total. The van der Waals surface area contributed by atoms with Crippen LogP contribution in [-0.2, 0) is 0 Å². The smallest absolute Gasteiger partial charge is 0.263 e. The lowest BCUT2D eigenvalue weighted by atomic mass is 10.1. The number of ether oxygens (including phenoxy) is 2. The van der Waals surface area contributed by atoms with Gasteiger partial charge in [0.25, 0.3) is 6.43 Å². The van der Waals surface area contributed by atoms with Crippen molar-refractivity contribution in [2.75, 3.05) is 7.11 Å². The summed E-state index contributed by atoms with van der Waals surface area (Å²) in [6.07, 6.45) is -0.511. The maximum Gasteiger partial charge on any atom is 0.263 e. The SMILES string of the molecule is CC[C@H](C)Oc1cc2sc(-c3cc(C(F)F)cc4cc(OC)cnc34)nc2cc1F. The van der Waals surface area contributed by atoms with E-state index in [-0.39, 0.29) is 17.4 Å². The number of methoxy groups -OCH3 is 1. The van der Waals surface area contributed by atoms with Crippen molar-refractivity contribution in [3.05, 3.63) is 47.9 Å². The van der Waals surface area contributed by atoms with Crippen molar-refractivity contribution in [2.24, 2.45) is 0 Å². The van der Waals surface area contributed by atoms with Gasteiger partial charge in [0.1, 0.15) is 10.8 Å². The fourth-order valence-electron chi connectivity index (χ4n) is 3.09. The first kappa shape index (κ1) is 20.4. The van der Waals surface area contributed by atoms with Crippen molar-refractivity contribution in [1.29, 1.82) is 0 Å². The summed E-state index contributed by atoms with van der Waals surface area (Å²) >= 11 is 1.28. The minimum absolute atomic E-state index is 0.129. The standard InChI is InChI=1S/C22H19F3N2O2S/c1-4-11(2)29-18-9-19-17(8-16(18)23)27-22(30-19)15-7-13(21(24)25)5-12-6-14(28-3)10-26-20(12)15/h5-11,21H,4H2,1-3H3/t11-/m0/s1. The number of halogens is 3. The molecule has 1 atom stereocenters. The fourth-order valence-corrected chi connectivity index (χ4v) is 4.08. The summed E-state index contributed by atoms with van der Waals surface area (Å²) in [5.74, 6) is 0.118. The highest BCUT2D eigenvalue weighted by Crippen LogP contribution is 2.39. The van der Waals surface area contributed by atoms with Gasteiger partial charge in [0, 0.05) is 28.6 Å². The van der Waals surface area contributed by atoms with Crippen LogP contribution in [0.3, 0.4) is 0 Å². The average molecular weight is 432 g/mol. The summed E-state index contributed by atoms with van der Waals surface area (Å²) < 4.78 is 53.0. The van der Waals surface area contributed by atoms with Crippen LogP contribution in [0.2, 0.25) is 0 Å². The molecular formula is C22H19F3N2O2S. The molecule has 2 heterocycles. The lowest BCUT2D eigenvalue weighted by Crippen LogP contribution is -2.10. The summed E-state index contributed by atoms with van der Waals surface area (Å²) in [6.45, 7) is 3.82. The van der Waals surface area contributed by atoms with Gasteiger partial charge in [-0.2, -0.15) is 0 Å². The van der Waals surface area contributed by atoms with Crippen molar-refractivity contribution in [2.45, 2.75) is 32.8 Å². The first-order chi connectivity index (χ1) is 14.4. The Labute approximate surface area is 175 Å². The Bertz CT molecular complexity index is 1230. The molecule has 156 valence electrons. The molecule has 8 heteroatoms. The van der Waals surface area contributed by atoms with Crippen molar-refractivity contribution >= 4 is 32.5 Å². The van der Waals surface area contributed by atoms with Gasteiger partial charge < -0.3 is 9.47 Å². The number of pyridine rings is 1. The second-order valence-electron chi connectivity index (χ2n) is 6.92. The van der Waals surface area contributed by atoms with E-state index in [2.05, 4.69) is 9.97 Å². The molecule has 30 heavy (non-hydrogen) atoms. The third-order valence-electron chi connectivity index (χ3n) is 4.84. The predicted octanol–water partition coefficient (Wildman–Crippen LogP) is 6.77. The lowest BCUT2D eigenvalue weighted by Gasteiger charge is -2.12. The number of alkyl halides is 2. The van der Waals surface area contributed by atoms with Gasteiger partial charge in [-0.1, -0.05) is 6.92 Å². The zero-order valence-corrected chi connectivity index (χ0v) is 17.4. The van der Waals surface area contributed by atoms with E-state index >= 15 is 0 Å². The summed E-state index contributed by atoms with van der Waals surface area (Å²) in [5, 5.41) is 1.00. The Morgan fingerprint density at radius 3 is 2.63 bits per heavy atom. The number of aromatic nitrogens is 2. The number of hydrogen-bond donors (Lipinski definition) is 0. The highest BCUT2D eigenvalue weighted by molar-refractivity contribution is 7.21. The molecule has 0 fully saturated rings. The van der Waals surface area contributed by atoms with Crippen LogP contribution in [0, 0.1) is 5.82 Å². The molecule has 0 saturated carbocycles. The third kappa shape index (κ3) is 3.79. The Morgan fingerprint density at radius 1 is 1.13 bits per heavy atom. The Morgan fingerprint density at radius 2 is 1.93 bits per heavy atom. The maximum absolute atomic E-state index is 14.4. The molecule has 4 rings (SSSR count). The summed E-state index contributed by atoms with van der Waals surface area (Å²) in [4.78, 5) is 8.87. The normalized spacial score (nSPS) is 12.6. The molecule has 0 bridgehead atoms. The van der Waals surface area contributed by atoms with E-state index in [9.17, 15) is 13.2 Å². The van der Waals surface area contributed by atoms with Crippen LogP contribution >= 0.6 is 11.3 Å². The van der Waals surface area contributed by atoms with Crippen LogP contribution in [0.25, 0.3) is 31.7 Å². The van der Waals surface area contributed by atoms with Gasteiger partial charge in [0.05, 0.1) is 35.1 Å². The second kappa shape index (κ2) is 8.10. The number of thiazole rings is 1. The molecule has 2 aromatic heterocycles. The second-order valence-corrected chi connectivity index (χ2v) is 7.95. The first-order valence-electron chi connectivity index (χ1n) is 9.42. The maximum atomic E-state index is 14.4. The predicted molar refractivity (Wildman–Crippen MR) is 112 cm³/mol. The molecule has 0 aliphatic heterocycles. The monoisotopic (exact) mass is 432 g/mol. The quantitative estimate of drug-likeness (QED) is 0.337. The van der Waals surface area contributed by atoms with Crippen LogP contribution in [0.5, 0.6) is 11.5 Å². The summed E-state index contributed by atoms with van der Waals surface area (Å²) in [5.41, 5.74) is 1.29. The molecule has 0 aliphatic rings. The van der Waals surface area contributed by atoms with Crippen molar-refractivity contribution in [3.8, 4) is 22.1 Å². The number of fused-ring (bicyclic) bond motifs is 2. The van der Waals surface area contributed by atoms with Gasteiger partial charge in [0.2, 0.25) is 0 Å². The molecule has 4 nitrogen and oxygen atoms in total. The van der Waals surface area contributed by atoms with Crippen LogP contribution < -0.4 is 9.47 Å². The number of benzene rings is 2. The number of hydrogen-bond acceptors (Lipinski definition) is 5. The number of nitrogens with zero attached hydrogens (tertiary/aromatic N) is 2. The molecule has 0 unspecified atom stereocenters. The Hall–Kier alpha value is -2.87. The van der Waals surface area contributed by atoms with Gasteiger partial charge in [-0.3, -0.25) is 4.98 Å². The van der Waals surface area contributed by atoms with Crippen LogP contribution in [0.15, 0.2) is 36.5 Å². The molecule has 0 radical (unpaired) electrons. The summed E-state index contributed by atoms with van der Waals surface area (Å²) in [6, 6.07) is 7.35. The van der Waals surface area contributed by atoms with Gasteiger partial charge in [-0.15, -0.1) is 11.3 Å². The van der Waals surface area contributed by atoms with Gasteiger partial charge >= 0.3 is 0 Å². The molecule has 0 saturated heterocycles. The number of rotatable bonds is 6. The van der Waals surface area contributed by atoms with Crippen LogP contribution in [0.1, 0.15) is 32.3 Å². The van der Waals surface area contributed by atoms with Gasteiger partial charge in [-0.25, -0.2) is 18.2 Å². The lowest BCUT2D eigenvalue weighted by molar-refractivity contribution is 0.151.